The number of benzene rings is 3. The number of anilines is 2. The summed E-state index contributed by atoms with van der Waals surface area (Å²) >= 11 is -4.73. The Balaban J connectivity index is 0.000000260. The Morgan fingerprint density at radius 3 is 1.11 bits per heavy atom. The summed E-state index contributed by atoms with van der Waals surface area (Å²) in [5.41, 5.74) is 17.0. The molecular formula is C86H132Cl6N4PRu3+. The number of hydrogen-bond acceptors (Lipinski definition) is 4. The van der Waals surface area contributed by atoms with Crippen molar-refractivity contribution in [2.24, 2.45) is 10.8 Å². The molecule has 4 heterocycles. The van der Waals surface area contributed by atoms with Crippen molar-refractivity contribution < 1.29 is 40.6 Å². The minimum absolute atomic E-state index is 0. The summed E-state index contributed by atoms with van der Waals surface area (Å²) in [7, 11) is 34.0. The molecule has 100 heavy (non-hydrogen) atoms. The average Bonchev–Trinajstić information content (AvgIpc) is 1.56. The van der Waals surface area contributed by atoms with Crippen LogP contribution < -0.4 is 9.80 Å². The number of aryl methyl sites for hydroxylation is 2. The fourth-order valence-corrected chi connectivity index (χ4v) is 26.8. The van der Waals surface area contributed by atoms with Crippen LogP contribution in [0.4, 0.5) is 11.4 Å². The molecule has 0 unspecified atom stereocenters. The zero-order valence-electron chi connectivity index (χ0n) is 64.4. The molecule has 14 heteroatoms. The quantitative estimate of drug-likeness (QED) is 0.0560. The number of pyridine rings is 2. The molecule has 566 valence electrons. The molecule has 0 amide bonds. The standard InChI is InChI=1S/C23H36N.C20H32N.C18H33P.2C8H9N.C7H6.2CH3.6ClH.3Ru/c1-17(2)19-11-10-12-20(18(3)4)21(19)24-16-23(15-22(24,5)6)13-8-7-9-14-23;1-14(2)16-10-9-11-17(15(3)4)18(16)21-13-19(5,6)12-20(21,7)8;1-4-10-16(11-5-1)19(17-12-6-2-7-13-17)18-14-8-3-9-15-18;2*1-2-5-8-6-3-4-7-9-8;1-7-5-3-2-4-6-7;;;;;;;;;;;/h10-12,16-18H,7-9,13-15H2,1-6H3;9-11,13-15H,12H2,1-8H3;16-18H,1-15H2;2*1,3-4,6-7H,2,5H2;1-6H;2*1H3;6*1H;;;/q2*-1;;;;;2*+1;;;;;;;3*+2/p-5. The molecule has 2 aliphatic heterocycles. The van der Waals surface area contributed by atoms with Gasteiger partial charge in [0.25, 0.3) is 0 Å². The topological polar surface area (TPSA) is 32.3 Å². The number of rotatable bonds is 16. The fourth-order valence-electron chi connectivity index (χ4n) is 16.6. The predicted octanol–water partition coefficient (Wildman–Crippen LogP) is 28.5. The van der Waals surface area contributed by atoms with Crippen molar-refractivity contribution in [1.29, 1.82) is 0 Å². The van der Waals surface area contributed by atoms with Crippen LogP contribution in [0.25, 0.3) is 0 Å². The molecule has 0 radical (unpaired) electrons. The maximum absolute atomic E-state index is 5.68. The van der Waals surface area contributed by atoms with E-state index < -0.39 is 40.6 Å². The summed E-state index contributed by atoms with van der Waals surface area (Å²) in [6.07, 6.45) is 40.6. The first-order chi connectivity index (χ1) is 46.6. The molecule has 6 fully saturated rings. The molecular weight excluding hydrogens is 1640 g/mol. The average molecular weight is 1770 g/mol. The third-order valence-corrected chi connectivity index (χ3v) is 31.9. The van der Waals surface area contributed by atoms with Gasteiger partial charge in [-0.1, -0.05) is 170 Å². The Hall–Kier alpha value is -1.05. The van der Waals surface area contributed by atoms with E-state index in [-0.39, 0.29) is 39.3 Å². The molecule has 4 nitrogen and oxygen atoms in total. The van der Waals surface area contributed by atoms with E-state index in [1.807, 2.05) is 80.6 Å². The molecule has 0 atom stereocenters. The van der Waals surface area contributed by atoms with E-state index >= 15 is 0 Å². The Morgan fingerprint density at radius 1 is 0.440 bits per heavy atom. The second-order valence-corrected chi connectivity index (χ2v) is 52.8. The summed E-state index contributed by atoms with van der Waals surface area (Å²) in [5.74, 6) is 2.22. The van der Waals surface area contributed by atoms with Gasteiger partial charge >= 0.3 is 244 Å². The van der Waals surface area contributed by atoms with Crippen LogP contribution in [0.15, 0.2) is 116 Å². The molecule has 4 saturated carbocycles. The van der Waals surface area contributed by atoms with Crippen LogP contribution in [0.1, 0.15) is 314 Å². The van der Waals surface area contributed by atoms with E-state index in [1.54, 1.807) is 109 Å². The molecule has 4 aliphatic carbocycles. The summed E-state index contributed by atoms with van der Waals surface area (Å²) < 4.78 is 5.93. The van der Waals surface area contributed by atoms with Crippen molar-refractivity contribution in [1.82, 2.24) is 9.97 Å². The van der Waals surface area contributed by atoms with Gasteiger partial charge in [-0.15, -0.1) is 10.8 Å². The van der Waals surface area contributed by atoms with Crippen molar-refractivity contribution in [2.75, 3.05) is 9.80 Å². The maximum atomic E-state index is 5.68. The van der Waals surface area contributed by atoms with Crippen LogP contribution in [0.2, 0.25) is 0 Å². The van der Waals surface area contributed by atoms with Gasteiger partial charge in [0.15, 0.2) is 0 Å². The Morgan fingerprint density at radius 2 is 0.790 bits per heavy atom. The van der Waals surface area contributed by atoms with Crippen molar-refractivity contribution >= 4 is 91.3 Å². The van der Waals surface area contributed by atoms with E-state index in [9.17, 15) is 0 Å². The summed E-state index contributed by atoms with van der Waals surface area (Å²) in [4.78, 5) is 13.6. The summed E-state index contributed by atoms with van der Waals surface area (Å²) in [5, 5.41) is 0. The molecule has 1 spiro atoms. The summed E-state index contributed by atoms with van der Waals surface area (Å²) in [6.45, 7) is 38.0. The summed E-state index contributed by atoms with van der Waals surface area (Å²) in [6, 6.07) is 35.5. The monoisotopic (exact) mass is 1770 g/mol. The zero-order chi connectivity index (χ0) is 71.5. The first kappa shape index (κ1) is 91.3. The molecule has 0 bridgehead atoms. The molecule has 11 rings (SSSR count). The number of halogens is 6. The van der Waals surface area contributed by atoms with Gasteiger partial charge < -0.3 is 9.80 Å². The normalized spacial score (nSPS) is 19.0. The Labute approximate surface area is 654 Å². The van der Waals surface area contributed by atoms with E-state index in [0.29, 0.717) is 29.1 Å². The van der Waals surface area contributed by atoms with E-state index in [2.05, 4.69) is 166 Å². The molecule has 2 aromatic heterocycles. The Kier molecular flexibility index (Phi) is 42.3. The van der Waals surface area contributed by atoms with Crippen LogP contribution in [-0.4, -0.2) is 51.9 Å². The van der Waals surface area contributed by atoms with Crippen molar-refractivity contribution in [3.63, 3.8) is 0 Å². The van der Waals surface area contributed by atoms with Crippen molar-refractivity contribution in [3.05, 3.63) is 183 Å². The van der Waals surface area contributed by atoms with Gasteiger partial charge in [-0.3, -0.25) is 0 Å². The molecule has 3 aromatic carbocycles. The van der Waals surface area contributed by atoms with Gasteiger partial charge in [-0.05, 0) is 151 Å². The fraction of sp³-hybridized carbons (Fsp3) is 0.593. The van der Waals surface area contributed by atoms with Gasteiger partial charge in [0.05, 0.1) is 17.0 Å². The zero-order valence-corrected chi connectivity index (χ0v) is 75.1. The van der Waals surface area contributed by atoms with E-state index in [0.717, 1.165) is 42.6 Å². The number of nitrogens with zero attached hydrogens (tertiary/aromatic N) is 4. The molecule has 5 aromatic rings. The van der Waals surface area contributed by atoms with Crippen LogP contribution >= 0.6 is 66.1 Å². The van der Waals surface area contributed by atoms with Crippen LogP contribution in [0, 0.1) is 38.8 Å². The first-order valence-electron chi connectivity index (χ1n) is 37.4. The van der Waals surface area contributed by atoms with Crippen LogP contribution in [-0.2, 0) is 53.4 Å². The van der Waals surface area contributed by atoms with E-state index in [1.165, 1.54) is 95.6 Å². The minimum atomic E-state index is -1.61. The van der Waals surface area contributed by atoms with Gasteiger partial charge in [-0.2, -0.15) is 0 Å². The first-order valence-corrected chi connectivity index (χ1v) is 55.5. The molecule has 6 aliphatic rings. The molecule has 2 saturated heterocycles. The SMILES string of the molecule is C1CCC([PH+](C2CCCCC2)C2CCCCC2)CC1.CC(C)c1cccc(C(C)C)c1N1[CH-]C(C)(C)CC1(C)C.CC(C)c1cccc(C(C)C)c1N1[CH-]C2(CCCCC2)CC1(C)C.[CH3+].[CH3+].[Cl][Ru]([Cl])=[CH]CCc1ccccn1.[Cl][Ru]([Cl])=[CH]CCc1ccccn1.[Cl][Ru]([Cl])=[CH]c1ccccc1. The van der Waals surface area contributed by atoms with Crippen molar-refractivity contribution in [3.8, 4) is 0 Å². The van der Waals surface area contributed by atoms with Crippen molar-refractivity contribution in [2.45, 2.75) is 316 Å². The third-order valence-electron chi connectivity index (χ3n) is 20.8. The number of hydrogen-bond donors (Lipinski definition) is 0. The second kappa shape index (κ2) is 46.3. The van der Waals surface area contributed by atoms with Gasteiger partial charge in [-0.25, -0.2) is 13.1 Å². The predicted molar refractivity (Wildman–Crippen MR) is 445 cm³/mol. The number of para-hydroxylation sites is 2. The molecule has 0 N–H and O–H groups in total. The Bertz CT molecular complexity index is 3010. The number of aromatic nitrogens is 2. The van der Waals surface area contributed by atoms with Gasteiger partial charge in [0, 0.05) is 45.2 Å². The van der Waals surface area contributed by atoms with Gasteiger partial charge in [0.2, 0.25) is 0 Å². The van der Waals surface area contributed by atoms with Crippen LogP contribution in [0.5, 0.6) is 0 Å². The third kappa shape index (κ3) is 30.5. The van der Waals surface area contributed by atoms with Crippen LogP contribution in [0.3, 0.4) is 0 Å². The van der Waals surface area contributed by atoms with Gasteiger partial charge in [0.1, 0.15) is 0 Å². The second-order valence-electron chi connectivity index (χ2n) is 31.7. The van der Waals surface area contributed by atoms with E-state index in [4.69, 9.17) is 58.1 Å².